The van der Waals surface area contributed by atoms with Crippen LogP contribution in [-0.2, 0) is 9.47 Å². The van der Waals surface area contributed by atoms with Crippen molar-refractivity contribution in [2.45, 2.75) is 13.0 Å². The SMILES string of the molecule is COCCN(CCOC)c1c(F)cccc1C(C)O. The zero-order chi connectivity index (χ0) is 14.3. The maximum atomic E-state index is 14.1. The number of aliphatic hydroxyl groups is 1. The zero-order valence-corrected chi connectivity index (χ0v) is 11.7. The van der Waals surface area contributed by atoms with Crippen molar-refractivity contribution in [3.8, 4) is 0 Å². The molecule has 0 heterocycles. The van der Waals surface area contributed by atoms with Crippen LogP contribution in [0.1, 0.15) is 18.6 Å². The average molecular weight is 271 g/mol. The Kier molecular flexibility index (Phi) is 6.77. The number of hydrogen-bond acceptors (Lipinski definition) is 4. The number of nitrogens with zero attached hydrogens (tertiary/aromatic N) is 1. The number of para-hydroxylation sites is 1. The van der Waals surface area contributed by atoms with Crippen LogP contribution in [0.3, 0.4) is 0 Å². The highest BCUT2D eigenvalue weighted by Gasteiger charge is 2.18. The van der Waals surface area contributed by atoms with Gasteiger partial charge in [0, 0.05) is 32.9 Å². The van der Waals surface area contributed by atoms with E-state index in [-0.39, 0.29) is 5.82 Å². The van der Waals surface area contributed by atoms with Gasteiger partial charge in [-0.3, -0.25) is 0 Å². The number of halogens is 1. The molecule has 0 spiro atoms. The molecule has 1 atom stereocenters. The van der Waals surface area contributed by atoms with Gasteiger partial charge in [0.15, 0.2) is 0 Å². The number of rotatable bonds is 8. The Balaban J connectivity index is 3.04. The summed E-state index contributed by atoms with van der Waals surface area (Å²) >= 11 is 0. The van der Waals surface area contributed by atoms with E-state index < -0.39 is 6.10 Å². The van der Waals surface area contributed by atoms with Crippen molar-refractivity contribution in [2.75, 3.05) is 45.4 Å². The van der Waals surface area contributed by atoms with Crippen LogP contribution >= 0.6 is 0 Å². The van der Waals surface area contributed by atoms with Gasteiger partial charge in [-0.15, -0.1) is 0 Å². The lowest BCUT2D eigenvalue weighted by molar-refractivity contribution is 0.187. The molecule has 5 heteroatoms. The Morgan fingerprint density at radius 2 is 1.79 bits per heavy atom. The van der Waals surface area contributed by atoms with Crippen molar-refractivity contribution in [3.05, 3.63) is 29.6 Å². The first kappa shape index (κ1) is 15.9. The third-order valence-electron chi connectivity index (χ3n) is 2.91. The maximum Gasteiger partial charge on any atom is 0.146 e. The van der Waals surface area contributed by atoms with Crippen LogP contribution in [0.5, 0.6) is 0 Å². The van der Waals surface area contributed by atoms with Crippen molar-refractivity contribution in [3.63, 3.8) is 0 Å². The lowest BCUT2D eigenvalue weighted by atomic mass is 10.1. The van der Waals surface area contributed by atoms with Gasteiger partial charge in [-0.05, 0) is 13.0 Å². The molecule has 0 amide bonds. The summed E-state index contributed by atoms with van der Waals surface area (Å²) in [6, 6.07) is 4.73. The molecule has 0 aliphatic heterocycles. The third-order valence-corrected chi connectivity index (χ3v) is 2.91. The van der Waals surface area contributed by atoms with E-state index in [4.69, 9.17) is 9.47 Å². The molecule has 1 rings (SSSR count). The molecule has 0 bridgehead atoms. The topological polar surface area (TPSA) is 41.9 Å². The quantitative estimate of drug-likeness (QED) is 0.785. The normalized spacial score (nSPS) is 12.5. The van der Waals surface area contributed by atoms with E-state index in [1.807, 2.05) is 4.90 Å². The number of methoxy groups -OCH3 is 2. The first-order chi connectivity index (χ1) is 9.11. The Morgan fingerprint density at radius 3 is 2.26 bits per heavy atom. The van der Waals surface area contributed by atoms with Crippen LogP contribution in [0.2, 0.25) is 0 Å². The molecular weight excluding hydrogens is 249 g/mol. The smallest absolute Gasteiger partial charge is 0.146 e. The molecule has 1 aromatic carbocycles. The summed E-state index contributed by atoms with van der Waals surface area (Å²) in [5.41, 5.74) is 0.999. The average Bonchev–Trinajstić information content (AvgIpc) is 2.39. The third kappa shape index (κ3) is 4.45. The first-order valence-corrected chi connectivity index (χ1v) is 6.31. The molecule has 0 radical (unpaired) electrons. The van der Waals surface area contributed by atoms with Crippen LogP contribution in [0.25, 0.3) is 0 Å². The Hall–Kier alpha value is -1.17. The van der Waals surface area contributed by atoms with Gasteiger partial charge in [-0.1, -0.05) is 12.1 Å². The fourth-order valence-electron chi connectivity index (χ4n) is 1.94. The van der Waals surface area contributed by atoms with Gasteiger partial charge in [0.2, 0.25) is 0 Å². The zero-order valence-electron chi connectivity index (χ0n) is 11.7. The van der Waals surface area contributed by atoms with E-state index in [0.29, 0.717) is 37.6 Å². The Bertz CT molecular complexity index is 377. The molecule has 0 aromatic heterocycles. The number of anilines is 1. The van der Waals surface area contributed by atoms with Gasteiger partial charge in [0.25, 0.3) is 0 Å². The number of benzene rings is 1. The largest absolute Gasteiger partial charge is 0.389 e. The molecule has 1 N–H and O–H groups in total. The second-order valence-corrected chi connectivity index (χ2v) is 4.33. The lowest BCUT2D eigenvalue weighted by Gasteiger charge is -2.28. The number of hydrogen-bond donors (Lipinski definition) is 1. The molecule has 19 heavy (non-hydrogen) atoms. The van der Waals surface area contributed by atoms with Crippen LogP contribution in [-0.4, -0.2) is 45.6 Å². The van der Waals surface area contributed by atoms with Gasteiger partial charge >= 0.3 is 0 Å². The summed E-state index contributed by atoms with van der Waals surface area (Å²) < 4.78 is 24.2. The molecule has 1 unspecified atom stereocenters. The minimum Gasteiger partial charge on any atom is -0.389 e. The standard InChI is InChI=1S/C14H22FNO3/c1-11(17)12-5-4-6-13(15)14(12)16(7-9-18-2)8-10-19-3/h4-6,11,17H,7-10H2,1-3H3. The van der Waals surface area contributed by atoms with Gasteiger partial charge in [-0.2, -0.15) is 0 Å². The Morgan fingerprint density at radius 1 is 1.21 bits per heavy atom. The van der Waals surface area contributed by atoms with Crippen molar-refractivity contribution < 1.29 is 19.0 Å². The molecule has 108 valence electrons. The summed E-state index contributed by atoms with van der Waals surface area (Å²) in [4.78, 5) is 1.84. The van der Waals surface area contributed by atoms with E-state index in [9.17, 15) is 9.50 Å². The van der Waals surface area contributed by atoms with Crippen molar-refractivity contribution >= 4 is 5.69 Å². The van der Waals surface area contributed by atoms with Crippen LogP contribution in [0.4, 0.5) is 10.1 Å². The van der Waals surface area contributed by atoms with E-state index in [0.717, 1.165) is 0 Å². The molecule has 0 aliphatic carbocycles. The highest BCUT2D eigenvalue weighted by atomic mass is 19.1. The highest BCUT2D eigenvalue weighted by molar-refractivity contribution is 5.55. The van der Waals surface area contributed by atoms with E-state index in [1.165, 1.54) is 6.07 Å². The van der Waals surface area contributed by atoms with E-state index in [2.05, 4.69) is 0 Å². The predicted octanol–water partition coefficient (Wildman–Crippen LogP) is 1.98. The van der Waals surface area contributed by atoms with Gasteiger partial charge < -0.3 is 19.5 Å². The van der Waals surface area contributed by atoms with Crippen LogP contribution in [0, 0.1) is 5.82 Å². The van der Waals surface area contributed by atoms with Crippen molar-refractivity contribution in [2.24, 2.45) is 0 Å². The second kappa shape index (κ2) is 8.09. The Labute approximate surface area is 113 Å². The molecule has 0 fully saturated rings. The summed E-state index contributed by atoms with van der Waals surface area (Å²) in [6.45, 7) is 3.68. The van der Waals surface area contributed by atoms with Crippen molar-refractivity contribution in [1.29, 1.82) is 0 Å². The highest BCUT2D eigenvalue weighted by Crippen LogP contribution is 2.29. The van der Waals surface area contributed by atoms with E-state index in [1.54, 1.807) is 33.3 Å². The van der Waals surface area contributed by atoms with Gasteiger partial charge in [0.05, 0.1) is 25.0 Å². The molecule has 0 saturated heterocycles. The summed E-state index contributed by atoms with van der Waals surface area (Å²) in [6.07, 6.45) is -0.724. The van der Waals surface area contributed by atoms with Gasteiger partial charge in [-0.25, -0.2) is 4.39 Å². The lowest BCUT2D eigenvalue weighted by Crippen LogP contribution is -2.32. The second-order valence-electron chi connectivity index (χ2n) is 4.33. The summed E-state index contributed by atoms with van der Waals surface area (Å²) in [5, 5.41) is 9.77. The molecule has 1 aromatic rings. The minimum atomic E-state index is -0.724. The van der Waals surface area contributed by atoms with Crippen molar-refractivity contribution in [1.82, 2.24) is 0 Å². The molecular formula is C14H22FNO3. The molecule has 0 saturated carbocycles. The predicted molar refractivity (Wildman–Crippen MR) is 73.0 cm³/mol. The summed E-state index contributed by atoms with van der Waals surface area (Å²) in [5.74, 6) is -0.342. The molecule has 4 nitrogen and oxygen atoms in total. The van der Waals surface area contributed by atoms with Gasteiger partial charge in [0.1, 0.15) is 5.82 Å². The minimum absolute atomic E-state index is 0.342. The van der Waals surface area contributed by atoms with Crippen LogP contribution < -0.4 is 4.90 Å². The molecule has 0 aliphatic rings. The fourth-order valence-corrected chi connectivity index (χ4v) is 1.94. The van der Waals surface area contributed by atoms with E-state index >= 15 is 0 Å². The number of ether oxygens (including phenoxy) is 2. The monoisotopic (exact) mass is 271 g/mol. The summed E-state index contributed by atoms with van der Waals surface area (Å²) in [7, 11) is 3.21. The fraction of sp³-hybridized carbons (Fsp3) is 0.571. The first-order valence-electron chi connectivity index (χ1n) is 6.31. The number of aliphatic hydroxyl groups excluding tert-OH is 1. The maximum absolute atomic E-state index is 14.1. The van der Waals surface area contributed by atoms with Crippen LogP contribution in [0.15, 0.2) is 18.2 Å².